The number of rotatable bonds is 8. The van der Waals surface area contributed by atoms with E-state index in [2.05, 4.69) is 15.5 Å². The maximum absolute atomic E-state index is 13.4. The monoisotopic (exact) mass is 442 g/mol. The molecule has 3 aromatic rings. The number of amides is 1. The molecule has 0 radical (unpaired) electrons. The number of nitrogens with zero attached hydrogens (tertiary/aromatic N) is 3. The van der Waals surface area contributed by atoms with Crippen LogP contribution < -0.4 is 5.32 Å². The van der Waals surface area contributed by atoms with E-state index in [4.69, 9.17) is 9.15 Å². The van der Waals surface area contributed by atoms with Gasteiger partial charge in [-0.1, -0.05) is 17.7 Å². The third-order valence-electron chi connectivity index (χ3n) is 4.40. The first-order valence-corrected chi connectivity index (χ1v) is 9.56. The minimum Gasteiger partial charge on any atom is -0.453 e. The number of nitro benzene ring substituents is 1. The molecule has 1 unspecified atom stereocenters. The molecular formula is C21H19FN4O6. The van der Waals surface area contributed by atoms with Crippen LogP contribution in [0.5, 0.6) is 0 Å². The van der Waals surface area contributed by atoms with E-state index in [0.29, 0.717) is 5.89 Å². The number of anilines is 1. The van der Waals surface area contributed by atoms with Gasteiger partial charge in [0.05, 0.1) is 11.3 Å². The second kappa shape index (κ2) is 9.77. The molecule has 1 amide bonds. The summed E-state index contributed by atoms with van der Waals surface area (Å²) in [4.78, 5) is 34.1. The van der Waals surface area contributed by atoms with Crippen LogP contribution in [-0.4, -0.2) is 33.1 Å². The lowest BCUT2D eigenvalue weighted by molar-refractivity contribution is -0.387. The average molecular weight is 442 g/mol. The fraction of sp³-hybridized carbons (Fsp3) is 0.238. The normalized spacial score (nSPS) is 11.6. The largest absolute Gasteiger partial charge is 0.453 e. The molecule has 11 heteroatoms. The van der Waals surface area contributed by atoms with Crippen molar-refractivity contribution in [3.63, 3.8) is 0 Å². The number of ether oxygens (including phenoxy) is 1. The Bertz CT molecular complexity index is 1150. The summed E-state index contributed by atoms with van der Waals surface area (Å²) in [5.41, 5.74) is 1.06. The summed E-state index contributed by atoms with van der Waals surface area (Å²) in [6.45, 7) is 3.30. The molecule has 0 aliphatic rings. The second-order valence-electron chi connectivity index (χ2n) is 6.91. The Morgan fingerprint density at radius 2 is 1.94 bits per heavy atom. The van der Waals surface area contributed by atoms with E-state index in [1.807, 2.05) is 31.2 Å². The zero-order valence-corrected chi connectivity index (χ0v) is 17.2. The number of esters is 1. The van der Waals surface area contributed by atoms with Crippen molar-refractivity contribution in [1.82, 2.24) is 10.2 Å². The van der Waals surface area contributed by atoms with Crippen molar-refractivity contribution >= 4 is 23.3 Å². The Morgan fingerprint density at radius 3 is 2.62 bits per heavy atom. The topological polar surface area (TPSA) is 137 Å². The Kier molecular flexibility index (Phi) is 6.88. The highest BCUT2D eigenvalue weighted by molar-refractivity contribution is 5.95. The summed E-state index contributed by atoms with van der Waals surface area (Å²) in [7, 11) is 0. The van der Waals surface area contributed by atoms with Crippen molar-refractivity contribution in [2.24, 2.45) is 0 Å². The van der Waals surface area contributed by atoms with Crippen LogP contribution >= 0.6 is 0 Å². The van der Waals surface area contributed by atoms with Crippen LogP contribution in [0.1, 0.15) is 24.8 Å². The molecule has 1 atom stereocenters. The van der Waals surface area contributed by atoms with Crippen molar-refractivity contribution in [2.45, 2.75) is 32.8 Å². The molecule has 0 bridgehead atoms. The quantitative estimate of drug-likeness (QED) is 0.317. The highest BCUT2D eigenvalue weighted by Crippen LogP contribution is 2.22. The van der Waals surface area contributed by atoms with Gasteiger partial charge in [-0.05, 0) is 38.1 Å². The number of halogens is 1. The third kappa shape index (κ3) is 5.72. The van der Waals surface area contributed by atoms with Gasteiger partial charge in [-0.2, -0.15) is 4.39 Å². The number of benzene rings is 2. The van der Waals surface area contributed by atoms with E-state index in [1.165, 1.54) is 6.92 Å². The molecule has 1 N–H and O–H groups in total. The molecule has 1 heterocycles. The molecule has 0 fully saturated rings. The van der Waals surface area contributed by atoms with Gasteiger partial charge in [0.2, 0.25) is 17.6 Å². The van der Waals surface area contributed by atoms with E-state index < -0.39 is 34.4 Å². The number of nitro groups is 1. The van der Waals surface area contributed by atoms with Crippen LogP contribution in [0, 0.1) is 22.9 Å². The highest BCUT2D eigenvalue weighted by Gasteiger charge is 2.21. The van der Waals surface area contributed by atoms with Crippen molar-refractivity contribution in [1.29, 1.82) is 0 Å². The van der Waals surface area contributed by atoms with Crippen molar-refractivity contribution in [3.8, 4) is 11.5 Å². The lowest BCUT2D eigenvalue weighted by Gasteiger charge is -2.13. The number of carbonyl (C=O) groups is 2. The molecule has 0 aliphatic carbocycles. The minimum atomic E-state index is -1.18. The minimum absolute atomic E-state index is 0.000457. The Morgan fingerprint density at radius 1 is 1.22 bits per heavy atom. The highest BCUT2D eigenvalue weighted by atomic mass is 19.1. The number of aromatic nitrogens is 2. The molecule has 166 valence electrons. The van der Waals surface area contributed by atoms with Crippen LogP contribution in [0.25, 0.3) is 11.5 Å². The fourth-order valence-corrected chi connectivity index (χ4v) is 2.66. The summed E-state index contributed by atoms with van der Waals surface area (Å²) in [5, 5.41) is 21.0. The SMILES string of the molecule is Cc1ccc(-c2nnc(CCC(=O)OC(C)C(=O)Nc3ccc(F)c([N+](=O)[O-])c3)o2)cc1. The van der Waals surface area contributed by atoms with Gasteiger partial charge in [0.1, 0.15) is 0 Å². The van der Waals surface area contributed by atoms with Gasteiger partial charge in [0, 0.05) is 23.7 Å². The van der Waals surface area contributed by atoms with Crippen LogP contribution in [0.2, 0.25) is 0 Å². The second-order valence-corrected chi connectivity index (χ2v) is 6.91. The smallest absolute Gasteiger partial charge is 0.307 e. The summed E-state index contributed by atoms with van der Waals surface area (Å²) < 4.78 is 24.0. The molecule has 0 saturated heterocycles. The standard InChI is InChI=1S/C21H19FN4O6/c1-12-3-5-14(6-4-12)21-25-24-18(32-21)9-10-19(27)31-13(2)20(28)23-15-7-8-16(22)17(11-15)26(29)30/h3-8,11,13H,9-10H2,1-2H3,(H,23,28). The molecule has 0 aliphatic heterocycles. The molecular weight excluding hydrogens is 423 g/mol. The number of hydrogen-bond donors (Lipinski definition) is 1. The number of aryl methyl sites for hydroxylation is 2. The molecule has 1 aromatic heterocycles. The van der Waals surface area contributed by atoms with Crippen LogP contribution in [0.3, 0.4) is 0 Å². The zero-order valence-electron chi connectivity index (χ0n) is 17.2. The van der Waals surface area contributed by atoms with E-state index >= 15 is 0 Å². The Labute approximate surface area is 181 Å². The molecule has 32 heavy (non-hydrogen) atoms. The summed E-state index contributed by atoms with van der Waals surface area (Å²) in [6.07, 6.45) is -1.16. The maximum atomic E-state index is 13.4. The fourth-order valence-electron chi connectivity index (χ4n) is 2.66. The molecule has 2 aromatic carbocycles. The van der Waals surface area contributed by atoms with Crippen molar-refractivity contribution in [3.05, 3.63) is 69.9 Å². The first-order valence-electron chi connectivity index (χ1n) is 9.56. The summed E-state index contributed by atoms with van der Waals surface area (Å²) >= 11 is 0. The van der Waals surface area contributed by atoms with Crippen LogP contribution in [-0.2, 0) is 20.7 Å². The summed E-state index contributed by atoms with van der Waals surface area (Å²) in [5.74, 6) is -1.85. The number of nitrogens with one attached hydrogen (secondary N) is 1. The number of carbonyl (C=O) groups excluding carboxylic acids is 2. The van der Waals surface area contributed by atoms with E-state index in [-0.39, 0.29) is 24.4 Å². The lowest BCUT2D eigenvalue weighted by Crippen LogP contribution is -2.30. The van der Waals surface area contributed by atoms with Gasteiger partial charge >= 0.3 is 11.7 Å². The molecule has 3 rings (SSSR count). The van der Waals surface area contributed by atoms with Gasteiger partial charge < -0.3 is 14.5 Å². The predicted molar refractivity (Wildman–Crippen MR) is 110 cm³/mol. The average Bonchev–Trinajstić information content (AvgIpc) is 3.23. The zero-order chi connectivity index (χ0) is 23.3. The first kappa shape index (κ1) is 22.5. The maximum Gasteiger partial charge on any atom is 0.307 e. The molecule has 10 nitrogen and oxygen atoms in total. The third-order valence-corrected chi connectivity index (χ3v) is 4.40. The predicted octanol–water partition coefficient (Wildman–Crippen LogP) is 3.60. The number of hydrogen-bond acceptors (Lipinski definition) is 8. The van der Waals surface area contributed by atoms with E-state index in [1.54, 1.807) is 0 Å². The van der Waals surface area contributed by atoms with Crippen LogP contribution in [0.15, 0.2) is 46.9 Å². The van der Waals surface area contributed by atoms with Gasteiger partial charge in [0.15, 0.2) is 6.10 Å². The molecule has 0 saturated carbocycles. The van der Waals surface area contributed by atoms with E-state index in [9.17, 15) is 24.1 Å². The van der Waals surface area contributed by atoms with Crippen LogP contribution in [0.4, 0.5) is 15.8 Å². The first-order chi connectivity index (χ1) is 15.2. The van der Waals surface area contributed by atoms with Crippen molar-refractivity contribution in [2.75, 3.05) is 5.32 Å². The Hall–Kier alpha value is -4.15. The van der Waals surface area contributed by atoms with Gasteiger partial charge in [-0.15, -0.1) is 10.2 Å². The molecule has 0 spiro atoms. The van der Waals surface area contributed by atoms with Crippen molar-refractivity contribution < 1.29 is 28.1 Å². The Balaban J connectivity index is 1.50. The van der Waals surface area contributed by atoms with Gasteiger partial charge in [-0.25, -0.2) is 0 Å². The lowest BCUT2D eigenvalue weighted by atomic mass is 10.1. The van der Waals surface area contributed by atoms with Gasteiger partial charge in [-0.3, -0.25) is 19.7 Å². The summed E-state index contributed by atoms with van der Waals surface area (Å²) in [6, 6.07) is 10.4. The van der Waals surface area contributed by atoms with E-state index in [0.717, 1.165) is 29.3 Å². The van der Waals surface area contributed by atoms with Gasteiger partial charge in [0.25, 0.3) is 5.91 Å².